The fraction of sp³-hybridized carbons (Fsp3) is 0.533. The van der Waals surface area contributed by atoms with Gasteiger partial charge in [-0.15, -0.1) is 0 Å². The van der Waals surface area contributed by atoms with E-state index in [-0.39, 0.29) is 17.5 Å². The lowest BCUT2D eigenvalue weighted by Crippen LogP contribution is -2.40. The third kappa shape index (κ3) is 2.37. The molecule has 1 aromatic rings. The van der Waals surface area contributed by atoms with Gasteiger partial charge in [0.2, 0.25) is 0 Å². The number of ketones is 1. The molecule has 1 aromatic carbocycles. The number of methoxy groups -OCH3 is 1. The molecule has 3 nitrogen and oxygen atoms in total. The number of piperidine rings is 1. The van der Waals surface area contributed by atoms with E-state index in [0.717, 1.165) is 25.7 Å². The first-order valence-electron chi connectivity index (χ1n) is 6.81. The number of halogens is 1. The van der Waals surface area contributed by atoms with Crippen LogP contribution in [0, 0.1) is 11.7 Å². The van der Waals surface area contributed by atoms with Gasteiger partial charge in [-0.05, 0) is 37.8 Å². The molecule has 2 aliphatic heterocycles. The number of carbonyl (C=O) groups excluding carboxylic acids is 1. The first kappa shape index (κ1) is 12.6. The van der Waals surface area contributed by atoms with Crippen molar-refractivity contribution in [2.75, 3.05) is 7.11 Å². The minimum Gasteiger partial charge on any atom is -0.496 e. The summed E-state index contributed by atoms with van der Waals surface area (Å²) < 4.78 is 18.3. The van der Waals surface area contributed by atoms with Crippen LogP contribution < -0.4 is 10.1 Å². The summed E-state index contributed by atoms with van der Waals surface area (Å²) in [5.74, 6) is 0.100. The average Bonchev–Trinajstić information content (AvgIpc) is 2.76. The number of Topliss-reactive ketones (excluding diaryl/α,β-unsaturated/α-hetero) is 1. The van der Waals surface area contributed by atoms with E-state index in [1.165, 1.54) is 19.2 Å². The van der Waals surface area contributed by atoms with E-state index < -0.39 is 0 Å². The van der Waals surface area contributed by atoms with E-state index in [4.69, 9.17) is 4.74 Å². The van der Waals surface area contributed by atoms with Gasteiger partial charge in [0.25, 0.3) is 0 Å². The second-order valence-corrected chi connectivity index (χ2v) is 5.52. The molecule has 4 heteroatoms. The van der Waals surface area contributed by atoms with Crippen LogP contribution in [0.2, 0.25) is 0 Å². The molecule has 19 heavy (non-hydrogen) atoms. The van der Waals surface area contributed by atoms with Crippen LogP contribution in [0.5, 0.6) is 5.75 Å². The monoisotopic (exact) mass is 263 g/mol. The molecule has 2 bridgehead atoms. The smallest absolute Gasteiger partial charge is 0.169 e. The van der Waals surface area contributed by atoms with Gasteiger partial charge < -0.3 is 10.1 Å². The van der Waals surface area contributed by atoms with Crippen molar-refractivity contribution < 1.29 is 13.9 Å². The second-order valence-electron chi connectivity index (χ2n) is 5.52. The molecule has 0 amide bonds. The average molecular weight is 263 g/mol. The molecular formula is C15H18FNO2. The summed E-state index contributed by atoms with van der Waals surface area (Å²) in [6.45, 7) is 0. The molecule has 0 aliphatic carbocycles. The highest BCUT2D eigenvalue weighted by Crippen LogP contribution is 2.34. The number of hydrogen-bond acceptors (Lipinski definition) is 3. The number of carbonyl (C=O) groups is 1. The van der Waals surface area contributed by atoms with Crippen molar-refractivity contribution in [3.8, 4) is 5.75 Å². The summed E-state index contributed by atoms with van der Waals surface area (Å²) in [6.07, 6.45) is 4.09. The molecule has 2 heterocycles. The molecule has 1 N–H and O–H groups in total. The summed E-state index contributed by atoms with van der Waals surface area (Å²) in [5, 5.41) is 3.52. The maximum absolute atomic E-state index is 13.2. The quantitative estimate of drug-likeness (QED) is 0.852. The fourth-order valence-electron chi connectivity index (χ4n) is 3.36. The number of hydrogen-bond donors (Lipinski definition) is 1. The Bertz CT molecular complexity index is 491. The van der Waals surface area contributed by atoms with Crippen LogP contribution in [-0.4, -0.2) is 25.0 Å². The fourth-order valence-corrected chi connectivity index (χ4v) is 3.36. The molecule has 0 spiro atoms. The normalized spacial score (nSPS) is 29.3. The highest BCUT2D eigenvalue weighted by Gasteiger charge is 2.37. The van der Waals surface area contributed by atoms with Crippen LogP contribution in [0.15, 0.2) is 18.2 Å². The Kier molecular flexibility index (Phi) is 3.27. The maximum atomic E-state index is 13.2. The molecule has 2 atom stereocenters. The summed E-state index contributed by atoms with van der Waals surface area (Å²) in [6, 6.07) is 5.09. The lowest BCUT2D eigenvalue weighted by Gasteiger charge is -2.28. The summed E-state index contributed by atoms with van der Waals surface area (Å²) in [4.78, 5) is 12.6. The van der Waals surface area contributed by atoms with Gasteiger partial charge in [-0.3, -0.25) is 4.79 Å². The highest BCUT2D eigenvalue weighted by atomic mass is 19.1. The van der Waals surface area contributed by atoms with Crippen molar-refractivity contribution in [3.63, 3.8) is 0 Å². The minimum atomic E-state index is -0.376. The molecule has 2 aliphatic rings. The first-order valence-corrected chi connectivity index (χ1v) is 6.81. The predicted molar refractivity (Wildman–Crippen MR) is 70.0 cm³/mol. The van der Waals surface area contributed by atoms with Gasteiger partial charge in [-0.2, -0.15) is 0 Å². The number of fused-ring (bicyclic) bond motifs is 2. The molecule has 102 valence electrons. The Morgan fingerprint density at radius 1 is 1.32 bits per heavy atom. The zero-order chi connectivity index (χ0) is 13.4. The molecular weight excluding hydrogens is 245 g/mol. The van der Waals surface area contributed by atoms with Crippen LogP contribution in [0.3, 0.4) is 0 Å². The number of rotatable bonds is 3. The Morgan fingerprint density at radius 2 is 2.00 bits per heavy atom. The predicted octanol–water partition coefficient (Wildman–Crippen LogP) is 2.55. The third-order valence-electron chi connectivity index (χ3n) is 4.27. The maximum Gasteiger partial charge on any atom is 0.169 e. The second kappa shape index (κ2) is 4.93. The van der Waals surface area contributed by atoms with Crippen LogP contribution in [0.1, 0.15) is 36.0 Å². The van der Waals surface area contributed by atoms with Crippen LogP contribution >= 0.6 is 0 Å². The summed E-state index contributed by atoms with van der Waals surface area (Å²) >= 11 is 0. The van der Waals surface area contributed by atoms with E-state index in [0.29, 0.717) is 23.4 Å². The number of nitrogens with one attached hydrogen (secondary N) is 1. The Balaban J connectivity index is 1.84. The van der Waals surface area contributed by atoms with Gasteiger partial charge in [0, 0.05) is 24.1 Å². The SMILES string of the molecule is COc1cc(F)ccc1C(=O)C1CC2CCC(C1)N2. The summed E-state index contributed by atoms with van der Waals surface area (Å²) in [7, 11) is 1.47. The Morgan fingerprint density at radius 3 is 2.63 bits per heavy atom. The van der Waals surface area contributed by atoms with Crippen LogP contribution in [-0.2, 0) is 0 Å². The summed E-state index contributed by atoms with van der Waals surface area (Å²) in [5.41, 5.74) is 0.509. The van der Waals surface area contributed by atoms with E-state index in [2.05, 4.69) is 5.32 Å². The van der Waals surface area contributed by atoms with Gasteiger partial charge in [-0.25, -0.2) is 4.39 Å². The minimum absolute atomic E-state index is 0.0399. The highest BCUT2D eigenvalue weighted by molar-refractivity contribution is 6.00. The molecule has 2 unspecified atom stereocenters. The van der Waals surface area contributed by atoms with Crippen molar-refractivity contribution in [3.05, 3.63) is 29.6 Å². The van der Waals surface area contributed by atoms with Crippen molar-refractivity contribution in [2.24, 2.45) is 5.92 Å². The Labute approximate surface area is 112 Å². The zero-order valence-corrected chi connectivity index (χ0v) is 11.0. The molecule has 0 saturated carbocycles. The Hall–Kier alpha value is -1.42. The van der Waals surface area contributed by atoms with E-state index in [1.807, 2.05) is 0 Å². The largest absolute Gasteiger partial charge is 0.496 e. The number of benzene rings is 1. The van der Waals surface area contributed by atoms with Gasteiger partial charge in [0.05, 0.1) is 12.7 Å². The topological polar surface area (TPSA) is 38.3 Å². The van der Waals surface area contributed by atoms with Gasteiger partial charge in [0.1, 0.15) is 11.6 Å². The van der Waals surface area contributed by atoms with Crippen molar-refractivity contribution in [2.45, 2.75) is 37.8 Å². The van der Waals surface area contributed by atoms with E-state index in [9.17, 15) is 9.18 Å². The molecule has 2 fully saturated rings. The molecule has 2 saturated heterocycles. The van der Waals surface area contributed by atoms with E-state index >= 15 is 0 Å². The first-order chi connectivity index (χ1) is 9.17. The lowest BCUT2D eigenvalue weighted by atomic mass is 9.85. The van der Waals surface area contributed by atoms with Crippen molar-refractivity contribution in [1.82, 2.24) is 5.32 Å². The molecule has 0 aromatic heterocycles. The molecule has 3 rings (SSSR count). The van der Waals surface area contributed by atoms with Crippen LogP contribution in [0.25, 0.3) is 0 Å². The van der Waals surface area contributed by atoms with Gasteiger partial charge in [-0.1, -0.05) is 0 Å². The standard InChI is InChI=1S/C15H18FNO2/c1-19-14-8-10(16)2-5-13(14)15(18)9-6-11-3-4-12(7-9)17-11/h2,5,8-9,11-12,17H,3-4,6-7H2,1H3. The zero-order valence-electron chi connectivity index (χ0n) is 11.0. The van der Waals surface area contributed by atoms with Crippen molar-refractivity contribution >= 4 is 5.78 Å². The lowest BCUT2D eigenvalue weighted by molar-refractivity contribution is 0.0872. The van der Waals surface area contributed by atoms with Gasteiger partial charge in [0.15, 0.2) is 5.78 Å². The third-order valence-corrected chi connectivity index (χ3v) is 4.27. The van der Waals surface area contributed by atoms with Crippen molar-refractivity contribution in [1.29, 1.82) is 0 Å². The number of ether oxygens (including phenoxy) is 1. The van der Waals surface area contributed by atoms with E-state index in [1.54, 1.807) is 6.07 Å². The molecule has 0 radical (unpaired) electrons. The van der Waals surface area contributed by atoms with Crippen LogP contribution in [0.4, 0.5) is 4.39 Å². The van der Waals surface area contributed by atoms with Gasteiger partial charge >= 0.3 is 0 Å².